The molecule has 1 heterocycles. The first-order valence-electron chi connectivity index (χ1n) is 7.83. The first-order chi connectivity index (χ1) is 10.8. The van der Waals surface area contributed by atoms with Gasteiger partial charge in [-0.05, 0) is 34.8 Å². The van der Waals surface area contributed by atoms with Crippen LogP contribution in [0.2, 0.25) is 0 Å². The Bertz CT molecular complexity index is 712. The van der Waals surface area contributed by atoms with Crippen LogP contribution in [0, 0.1) is 0 Å². The molecule has 2 aromatic carbocycles. The van der Waals surface area contributed by atoms with E-state index < -0.39 is 0 Å². The third-order valence-electron chi connectivity index (χ3n) is 3.91. The van der Waals surface area contributed by atoms with E-state index in [1.54, 1.807) is 5.30 Å². The molecule has 1 aromatic heterocycles. The first kappa shape index (κ1) is 15.5. The molecule has 0 N–H and O–H groups in total. The van der Waals surface area contributed by atoms with Gasteiger partial charge in [-0.15, -0.1) is 11.3 Å². The molecule has 0 atom stereocenters. The van der Waals surface area contributed by atoms with E-state index in [2.05, 4.69) is 80.6 Å². The van der Waals surface area contributed by atoms with E-state index in [-0.39, 0.29) is 7.92 Å². The van der Waals surface area contributed by atoms with Gasteiger partial charge in [0, 0.05) is 9.75 Å². The molecule has 2 heteroatoms. The van der Waals surface area contributed by atoms with Crippen molar-refractivity contribution in [2.24, 2.45) is 0 Å². The summed E-state index contributed by atoms with van der Waals surface area (Å²) in [6.07, 6.45) is 2.52. The minimum atomic E-state index is -0.0549. The van der Waals surface area contributed by atoms with E-state index in [1.165, 1.54) is 33.2 Å². The monoisotopic (exact) mass is 324 g/mol. The Balaban J connectivity index is 2.13. The van der Waals surface area contributed by atoms with Crippen molar-refractivity contribution in [3.05, 3.63) is 66.7 Å². The van der Waals surface area contributed by atoms with Crippen molar-refractivity contribution < 1.29 is 0 Å². The van der Waals surface area contributed by atoms with Gasteiger partial charge in [0.2, 0.25) is 0 Å². The van der Waals surface area contributed by atoms with Crippen molar-refractivity contribution in [3.8, 4) is 20.9 Å². The average molecular weight is 324 g/mol. The van der Waals surface area contributed by atoms with Crippen LogP contribution in [0.5, 0.6) is 0 Å². The van der Waals surface area contributed by atoms with Crippen LogP contribution in [0.1, 0.15) is 13.8 Å². The summed E-state index contributed by atoms with van der Waals surface area (Å²) in [6, 6.07) is 24.1. The van der Waals surface area contributed by atoms with Gasteiger partial charge in [-0.3, -0.25) is 0 Å². The lowest BCUT2D eigenvalue weighted by molar-refractivity contribution is 1.42. The van der Waals surface area contributed by atoms with Gasteiger partial charge in [0.15, 0.2) is 0 Å². The highest BCUT2D eigenvalue weighted by Gasteiger charge is 2.17. The second-order valence-electron chi connectivity index (χ2n) is 5.23. The molecule has 0 saturated heterocycles. The molecule has 0 unspecified atom stereocenters. The van der Waals surface area contributed by atoms with Crippen molar-refractivity contribution in [2.45, 2.75) is 13.8 Å². The molecular weight excluding hydrogens is 303 g/mol. The number of thiophene rings is 1. The van der Waals surface area contributed by atoms with Gasteiger partial charge < -0.3 is 0 Å². The Morgan fingerprint density at radius 3 is 1.86 bits per heavy atom. The smallest absolute Gasteiger partial charge is 0.0426 e. The zero-order valence-electron chi connectivity index (χ0n) is 13.1. The number of benzene rings is 2. The highest BCUT2D eigenvalue weighted by atomic mass is 32.1. The molecule has 3 rings (SSSR count). The van der Waals surface area contributed by atoms with E-state index in [0.717, 1.165) is 0 Å². The molecule has 0 aliphatic carbocycles. The number of hydrogen-bond donors (Lipinski definition) is 0. The van der Waals surface area contributed by atoms with Crippen molar-refractivity contribution in [3.63, 3.8) is 0 Å². The summed E-state index contributed by atoms with van der Waals surface area (Å²) < 4.78 is 0. The topological polar surface area (TPSA) is 0 Å². The van der Waals surface area contributed by atoms with Crippen LogP contribution in [-0.4, -0.2) is 12.3 Å². The largest absolute Gasteiger partial charge is 0.135 e. The molecule has 112 valence electrons. The summed E-state index contributed by atoms with van der Waals surface area (Å²) in [4.78, 5) is 2.86. The highest BCUT2D eigenvalue weighted by Crippen LogP contribution is 2.43. The van der Waals surface area contributed by atoms with Crippen LogP contribution >= 0.6 is 19.3 Å². The van der Waals surface area contributed by atoms with Gasteiger partial charge in [-0.25, -0.2) is 0 Å². The van der Waals surface area contributed by atoms with Gasteiger partial charge in [-0.1, -0.05) is 82.4 Å². The third kappa shape index (κ3) is 3.16. The fourth-order valence-corrected chi connectivity index (χ4v) is 6.26. The minimum absolute atomic E-state index is 0.0549. The predicted molar refractivity (Wildman–Crippen MR) is 103 cm³/mol. The summed E-state index contributed by atoms with van der Waals surface area (Å²) >= 11 is 1.94. The third-order valence-corrected chi connectivity index (χ3v) is 7.86. The fourth-order valence-electron chi connectivity index (χ4n) is 2.72. The quantitative estimate of drug-likeness (QED) is 0.488. The Labute approximate surface area is 138 Å². The van der Waals surface area contributed by atoms with Crippen LogP contribution in [0.4, 0.5) is 0 Å². The molecule has 0 fully saturated rings. The van der Waals surface area contributed by atoms with Gasteiger partial charge >= 0.3 is 0 Å². The molecule has 22 heavy (non-hydrogen) atoms. The summed E-state index contributed by atoms with van der Waals surface area (Å²) in [5, 5.41) is 1.58. The van der Waals surface area contributed by atoms with Crippen LogP contribution in [0.15, 0.2) is 66.7 Å². The Morgan fingerprint density at radius 1 is 0.773 bits per heavy atom. The predicted octanol–water partition coefficient (Wildman–Crippen LogP) is 6.23. The molecule has 0 saturated carbocycles. The van der Waals surface area contributed by atoms with Crippen molar-refractivity contribution in [1.82, 2.24) is 0 Å². The van der Waals surface area contributed by atoms with Gasteiger partial charge in [0.1, 0.15) is 0 Å². The average Bonchev–Trinajstić information content (AvgIpc) is 3.03. The maximum atomic E-state index is 2.45. The number of rotatable bonds is 5. The van der Waals surface area contributed by atoms with E-state index >= 15 is 0 Å². The lowest BCUT2D eigenvalue weighted by atomic mass is 10.1. The Kier molecular flexibility index (Phi) is 5.08. The molecule has 0 amide bonds. The van der Waals surface area contributed by atoms with Crippen LogP contribution in [0.25, 0.3) is 20.9 Å². The van der Waals surface area contributed by atoms with Gasteiger partial charge in [0.05, 0.1) is 0 Å². The van der Waals surface area contributed by atoms with Crippen molar-refractivity contribution >= 4 is 24.6 Å². The summed E-state index contributed by atoms with van der Waals surface area (Å²) in [7, 11) is -0.0549. The minimum Gasteiger partial charge on any atom is -0.135 e. The second kappa shape index (κ2) is 7.22. The van der Waals surface area contributed by atoms with Gasteiger partial charge in [-0.2, -0.15) is 0 Å². The summed E-state index contributed by atoms with van der Waals surface area (Å²) in [5.74, 6) is 0. The first-order valence-corrected chi connectivity index (χ1v) is 10.4. The SMILES string of the molecule is CCP(CC)c1cc(-c2ccccc2)sc1-c1ccccc1. The van der Waals surface area contributed by atoms with E-state index in [1.807, 2.05) is 11.3 Å². The van der Waals surface area contributed by atoms with Crippen LogP contribution in [-0.2, 0) is 0 Å². The normalized spacial score (nSPS) is 11.0. The Morgan fingerprint density at radius 2 is 1.32 bits per heavy atom. The molecule has 0 nitrogen and oxygen atoms in total. The maximum Gasteiger partial charge on any atom is 0.0426 e. The van der Waals surface area contributed by atoms with E-state index in [0.29, 0.717) is 0 Å². The summed E-state index contributed by atoms with van der Waals surface area (Å²) in [6.45, 7) is 4.65. The number of hydrogen-bond acceptors (Lipinski definition) is 1. The lowest BCUT2D eigenvalue weighted by Gasteiger charge is -2.14. The molecular formula is C20H21PS. The lowest BCUT2D eigenvalue weighted by Crippen LogP contribution is -2.04. The van der Waals surface area contributed by atoms with Crippen LogP contribution < -0.4 is 5.30 Å². The zero-order valence-corrected chi connectivity index (χ0v) is 14.8. The van der Waals surface area contributed by atoms with Crippen molar-refractivity contribution in [2.75, 3.05) is 12.3 Å². The highest BCUT2D eigenvalue weighted by molar-refractivity contribution is 7.66. The molecule has 0 aliphatic rings. The van der Waals surface area contributed by atoms with Crippen molar-refractivity contribution in [1.29, 1.82) is 0 Å². The molecule has 0 radical (unpaired) electrons. The molecule has 0 bridgehead atoms. The van der Waals surface area contributed by atoms with E-state index in [4.69, 9.17) is 0 Å². The second-order valence-corrected chi connectivity index (χ2v) is 9.11. The maximum absolute atomic E-state index is 2.45. The molecule has 0 spiro atoms. The Hall–Kier alpha value is -1.43. The standard InChI is InChI=1S/C20H21PS/c1-3-21(4-2)18-15-19(16-11-7-5-8-12-16)22-20(18)17-13-9-6-10-14-17/h5-15H,3-4H2,1-2H3. The van der Waals surface area contributed by atoms with Gasteiger partial charge in [0.25, 0.3) is 0 Å². The zero-order chi connectivity index (χ0) is 15.4. The molecule has 3 aromatic rings. The van der Waals surface area contributed by atoms with E-state index in [9.17, 15) is 0 Å². The fraction of sp³-hybridized carbons (Fsp3) is 0.200. The van der Waals surface area contributed by atoms with Crippen LogP contribution in [0.3, 0.4) is 0 Å². The molecule has 0 aliphatic heterocycles. The summed E-state index contributed by atoms with van der Waals surface area (Å²) in [5.41, 5.74) is 2.69.